The highest BCUT2D eigenvalue weighted by Crippen LogP contribution is 2.41. The van der Waals surface area contributed by atoms with Crippen molar-refractivity contribution in [2.24, 2.45) is 4.99 Å². The summed E-state index contributed by atoms with van der Waals surface area (Å²) < 4.78 is 57.2. The fraction of sp³-hybridized carbons (Fsp3) is 0.263. The SMILES string of the molecule is O=C(COc1ccccc1)N=C1SC2CS(=O)(=O)CC2N1c1ccc(F)cc1F. The van der Waals surface area contributed by atoms with Gasteiger partial charge in [-0.05, 0) is 24.3 Å². The molecule has 2 unspecified atom stereocenters. The lowest BCUT2D eigenvalue weighted by atomic mass is 10.2. The molecule has 2 heterocycles. The molecule has 2 fully saturated rings. The van der Waals surface area contributed by atoms with Crippen LogP contribution in [0.4, 0.5) is 14.5 Å². The Morgan fingerprint density at radius 3 is 2.66 bits per heavy atom. The van der Waals surface area contributed by atoms with Crippen LogP contribution in [0, 0.1) is 11.6 Å². The number of hydrogen-bond acceptors (Lipinski definition) is 5. The molecule has 152 valence electrons. The van der Waals surface area contributed by atoms with Crippen LogP contribution in [0.2, 0.25) is 0 Å². The minimum Gasteiger partial charge on any atom is -0.484 e. The number of rotatable bonds is 4. The van der Waals surface area contributed by atoms with Gasteiger partial charge in [-0.2, -0.15) is 4.99 Å². The van der Waals surface area contributed by atoms with Crippen molar-refractivity contribution in [3.8, 4) is 5.75 Å². The van der Waals surface area contributed by atoms with Crippen molar-refractivity contribution in [1.29, 1.82) is 0 Å². The maximum Gasteiger partial charge on any atom is 0.285 e. The van der Waals surface area contributed by atoms with Crippen molar-refractivity contribution >= 4 is 38.4 Å². The summed E-state index contributed by atoms with van der Waals surface area (Å²) in [7, 11) is -3.29. The zero-order valence-electron chi connectivity index (χ0n) is 15.0. The van der Waals surface area contributed by atoms with E-state index >= 15 is 0 Å². The van der Waals surface area contributed by atoms with Gasteiger partial charge in [0.15, 0.2) is 21.6 Å². The molecule has 2 aliphatic heterocycles. The monoisotopic (exact) mass is 438 g/mol. The number of carbonyl (C=O) groups excluding carboxylic acids is 1. The number of anilines is 1. The summed E-state index contributed by atoms with van der Waals surface area (Å²) in [6.45, 7) is -0.318. The fourth-order valence-corrected chi connectivity index (χ4v) is 7.25. The first-order valence-electron chi connectivity index (χ1n) is 8.73. The number of sulfone groups is 1. The minimum atomic E-state index is -3.29. The second kappa shape index (κ2) is 7.75. The molecular weight excluding hydrogens is 422 g/mol. The molecule has 4 rings (SSSR count). The van der Waals surface area contributed by atoms with Crippen LogP contribution in [0.25, 0.3) is 0 Å². The summed E-state index contributed by atoms with van der Waals surface area (Å²) in [4.78, 5) is 17.7. The van der Waals surface area contributed by atoms with E-state index in [0.717, 1.165) is 17.8 Å². The normalized spacial score (nSPS) is 23.9. The molecular formula is C19H16F2N2O4S2. The van der Waals surface area contributed by atoms with E-state index in [-0.39, 0.29) is 34.2 Å². The lowest BCUT2D eigenvalue weighted by molar-refractivity contribution is -0.119. The lowest BCUT2D eigenvalue weighted by Crippen LogP contribution is -2.38. The third-order valence-corrected chi connectivity index (χ3v) is 7.77. The fourth-order valence-electron chi connectivity index (χ4n) is 3.32. The van der Waals surface area contributed by atoms with Gasteiger partial charge < -0.3 is 9.64 Å². The number of ether oxygens (including phenoxy) is 1. The van der Waals surface area contributed by atoms with Gasteiger partial charge in [0.2, 0.25) is 0 Å². The smallest absolute Gasteiger partial charge is 0.285 e. The van der Waals surface area contributed by atoms with Crippen LogP contribution >= 0.6 is 11.8 Å². The molecule has 10 heteroatoms. The largest absolute Gasteiger partial charge is 0.484 e. The zero-order valence-corrected chi connectivity index (χ0v) is 16.6. The number of nitrogens with zero attached hydrogens (tertiary/aromatic N) is 2. The molecule has 0 saturated carbocycles. The average Bonchev–Trinajstić information content (AvgIpc) is 3.12. The summed E-state index contributed by atoms with van der Waals surface area (Å²) in [5.41, 5.74) is -0.0148. The molecule has 1 amide bonds. The number of fused-ring (bicyclic) bond motifs is 1. The number of thioether (sulfide) groups is 1. The number of hydrogen-bond donors (Lipinski definition) is 0. The maximum atomic E-state index is 14.4. The molecule has 2 aromatic rings. The Bertz CT molecular complexity index is 1080. The van der Waals surface area contributed by atoms with Crippen molar-refractivity contribution in [3.05, 3.63) is 60.2 Å². The molecule has 0 spiro atoms. The highest BCUT2D eigenvalue weighted by Gasteiger charge is 2.50. The summed E-state index contributed by atoms with van der Waals surface area (Å²) in [6.07, 6.45) is 0. The Balaban J connectivity index is 1.60. The molecule has 2 saturated heterocycles. The van der Waals surface area contributed by atoms with Gasteiger partial charge >= 0.3 is 0 Å². The Morgan fingerprint density at radius 2 is 1.93 bits per heavy atom. The first-order valence-corrected chi connectivity index (χ1v) is 11.4. The van der Waals surface area contributed by atoms with Crippen molar-refractivity contribution in [1.82, 2.24) is 0 Å². The molecule has 0 bridgehead atoms. The number of amides is 1. The predicted molar refractivity (Wildman–Crippen MR) is 107 cm³/mol. The van der Waals surface area contributed by atoms with Crippen LogP contribution in [0.5, 0.6) is 5.75 Å². The highest BCUT2D eigenvalue weighted by molar-refractivity contribution is 8.16. The summed E-state index contributed by atoms with van der Waals surface area (Å²) >= 11 is 1.11. The van der Waals surface area contributed by atoms with Gasteiger partial charge in [0, 0.05) is 11.3 Å². The van der Waals surface area contributed by atoms with E-state index in [1.807, 2.05) is 6.07 Å². The number of carbonyl (C=O) groups is 1. The first kappa shape index (κ1) is 19.8. The van der Waals surface area contributed by atoms with E-state index in [0.29, 0.717) is 11.8 Å². The second-order valence-corrected chi connectivity index (χ2v) is 10.0. The third-order valence-electron chi connectivity index (χ3n) is 4.56. The van der Waals surface area contributed by atoms with Gasteiger partial charge in [-0.25, -0.2) is 17.2 Å². The van der Waals surface area contributed by atoms with Crippen LogP contribution in [0.3, 0.4) is 0 Å². The van der Waals surface area contributed by atoms with Crippen LogP contribution in [0.15, 0.2) is 53.5 Å². The van der Waals surface area contributed by atoms with Crippen molar-refractivity contribution in [2.45, 2.75) is 11.3 Å². The van der Waals surface area contributed by atoms with Gasteiger partial charge in [-0.3, -0.25) is 4.79 Å². The molecule has 0 aromatic heterocycles. The maximum absolute atomic E-state index is 14.4. The first-order chi connectivity index (χ1) is 13.8. The molecule has 0 radical (unpaired) electrons. The van der Waals surface area contributed by atoms with E-state index in [4.69, 9.17) is 4.74 Å². The number of halogens is 2. The van der Waals surface area contributed by atoms with Crippen molar-refractivity contribution in [3.63, 3.8) is 0 Å². The summed E-state index contributed by atoms with van der Waals surface area (Å²) in [5, 5.41) is -0.201. The quantitative estimate of drug-likeness (QED) is 0.731. The highest BCUT2D eigenvalue weighted by atomic mass is 32.2. The second-order valence-electron chi connectivity index (χ2n) is 6.66. The lowest BCUT2D eigenvalue weighted by Gasteiger charge is -2.24. The van der Waals surface area contributed by atoms with Gasteiger partial charge in [0.1, 0.15) is 17.4 Å². The van der Waals surface area contributed by atoms with Gasteiger partial charge in [-0.1, -0.05) is 30.0 Å². The minimum absolute atomic E-state index is 0.0148. The Hall–Kier alpha value is -2.46. The predicted octanol–water partition coefficient (Wildman–Crippen LogP) is 2.65. The number of benzene rings is 2. The Kier molecular flexibility index (Phi) is 5.30. The van der Waals surface area contributed by atoms with Gasteiger partial charge in [0.05, 0.1) is 23.2 Å². The van der Waals surface area contributed by atoms with Gasteiger partial charge in [-0.15, -0.1) is 0 Å². The molecule has 0 aliphatic carbocycles. The molecule has 6 nitrogen and oxygen atoms in total. The van der Waals surface area contributed by atoms with E-state index < -0.39 is 33.4 Å². The van der Waals surface area contributed by atoms with Crippen LogP contribution < -0.4 is 9.64 Å². The van der Waals surface area contributed by atoms with E-state index in [1.165, 1.54) is 11.0 Å². The van der Waals surface area contributed by atoms with Crippen LogP contribution in [-0.4, -0.2) is 48.9 Å². The average molecular weight is 438 g/mol. The summed E-state index contributed by atoms with van der Waals surface area (Å²) in [6, 6.07) is 11.2. The molecule has 29 heavy (non-hydrogen) atoms. The van der Waals surface area contributed by atoms with Crippen molar-refractivity contribution < 1.29 is 26.7 Å². The van der Waals surface area contributed by atoms with E-state index in [2.05, 4.69) is 4.99 Å². The van der Waals surface area contributed by atoms with E-state index in [1.54, 1.807) is 24.3 Å². The number of aliphatic imine (C=N–C) groups is 1. The molecule has 0 N–H and O–H groups in total. The standard InChI is InChI=1S/C19H16F2N2O4S2/c20-12-6-7-15(14(21)8-12)23-16-10-29(25,26)11-17(16)28-19(23)22-18(24)9-27-13-4-2-1-3-5-13/h1-8,16-17H,9-11H2. The van der Waals surface area contributed by atoms with Gasteiger partial charge in [0.25, 0.3) is 5.91 Å². The van der Waals surface area contributed by atoms with Crippen molar-refractivity contribution in [2.75, 3.05) is 23.0 Å². The third kappa shape index (κ3) is 4.27. The Morgan fingerprint density at radius 1 is 1.17 bits per heavy atom. The molecule has 2 atom stereocenters. The Labute approximate surface area is 170 Å². The molecule has 2 aliphatic rings. The topological polar surface area (TPSA) is 76.0 Å². The zero-order chi connectivity index (χ0) is 20.6. The number of para-hydroxylation sites is 1. The van der Waals surface area contributed by atoms with E-state index in [9.17, 15) is 22.0 Å². The number of amidine groups is 1. The van der Waals surface area contributed by atoms with Crippen LogP contribution in [0.1, 0.15) is 0 Å². The van der Waals surface area contributed by atoms with Crippen LogP contribution in [-0.2, 0) is 14.6 Å². The molecule has 2 aromatic carbocycles. The summed E-state index contributed by atoms with van der Waals surface area (Å²) in [5.74, 6) is -1.96.